The zero-order valence-electron chi connectivity index (χ0n) is 22.2. The van der Waals surface area contributed by atoms with Gasteiger partial charge < -0.3 is 19.1 Å². The second-order valence-corrected chi connectivity index (χ2v) is 11.1. The average Bonchev–Trinajstić information content (AvgIpc) is 3.00. The molecule has 4 rings (SSSR count). The number of hydrogen-bond donors (Lipinski definition) is 1. The van der Waals surface area contributed by atoms with Crippen molar-refractivity contribution in [3.05, 3.63) is 83.4 Å². The SMILES string of the molecule is COc1ccc(S(=O)(=O)N(CC(=O)N/N=C\c2ccc(OCC(=O)N3CCOCC3)cc2)c2ccc(Cl)cc2)cc1. The first-order valence-corrected chi connectivity index (χ1v) is 14.4. The number of sulfonamides is 1. The summed E-state index contributed by atoms with van der Waals surface area (Å²) in [7, 11) is -2.63. The van der Waals surface area contributed by atoms with Gasteiger partial charge in [-0.05, 0) is 78.4 Å². The van der Waals surface area contributed by atoms with Gasteiger partial charge in [0.2, 0.25) is 0 Å². The molecule has 1 aliphatic heterocycles. The first-order valence-electron chi connectivity index (χ1n) is 12.6. The summed E-state index contributed by atoms with van der Waals surface area (Å²) in [6, 6.07) is 18.7. The molecule has 3 aromatic carbocycles. The van der Waals surface area contributed by atoms with Gasteiger partial charge in [0.1, 0.15) is 18.0 Å². The molecule has 0 atom stereocenters. The van der Waals surface area contributed by atoms with Crippen LogP contribution in [0.3, 0.4) is 0 Å². The molecule has 2 amide bonds. The molecule has 3 aromatic rings. The maximum atomic E-state index is 13.5. The van der Waals surface area contributed by atoms with E-state index in [0.29, 0.717) is 48.4 Å². The van der Waals surface area contributed by atoms with Crippen LogP contribution in [0.5, 0.6) is 11.5 Å². The summed E-state index contributed by atoms with van der Waals surface area (Å²) in [5.41, 5.74) is 3.27. The predicted molar refractivity (Wildman–Crippen MR) is 154 cm³/mol. The van der Waals surface area contributed by atoms with Crippen molar-refractivity contribution < 1.29 is 32.2 Å². The number of carbonyl (C=O) groups is 2. The predicted octanol–water partition coefficient (Wildman–Crippen LogP) is 2.93. The van der Waals surface area contributed by atoms with E-state index in [1.807, 2.05) is 0 Å². The smallest absolute Gasteiger partial charge is 0.264 e. The van der Waals surface area contributed by atoms with E-state index in [2.05, 4.69) is 10.5 Å². The number of hydrazone groups is 1. The minimum Gasteiger partial charge on any atom is -0.497 e. The minimum absolute atomic E-state index is 0.0153. The van der Waals surface area contributed by atoms with Gasteiger partial charge in [0.05, 0.1) is 37.1 Å². The van der Waals surface area contributed by atoms with Crippen molar-refractivity contribution in [1.29, 1.82) is 0 Å². The number of anilines is 1. The van der Waals surface area contributed by atoms with Gasteiger partial charge >= 0.3 is 0 Å². The summed E-state index contributed by atoms with van der Waals surface area (Å²) < 4.78 is 43.8. The van der Waals surface area contributed by atoms with Crippen LogP contribution in [-0.4, -0.2) is 77.9 Å². The van der Waals surface area contributed by atoms with Gasteiger partial charge in [0.15, 0.2) is 6.61 Å². The topological polar surface area (TPSA) is 127 Å². The first kappa shape index (κ1) is 29.8. The number of methoxy groups -OCH3 is 1. The van der Waals surface area contributed by atoms with Crippen LogP contribution in [0.1, 0.15) is 5.56 Å². The molecule has 1 aliphatic rings. The zero-order valence-corrected chi connectivity index (χ0v) is 23.8. The third-order valence-electron chi connectivity index (χ3n) is 6.06. The highest BCUT2D eigenvalue weighted by Gasteiger charge is 2.27. The molecule has 11 nitrogen and oxygen atoms in total. The Balaban J connectivity index is 1.37. The standard InChI is InChI=1S/C28H29ClN4O7S/c1-38-24-10-12-26(13-11-24)41(36,37)33(23-6-4-22(29)5-7-23)19-27(34)31-30-18-21-2-8-25(9-3-21)40-20-28(35)32-14-16-39-17-15-32/h2-13,18H,14-17,19-20H2,1H3,(H,31,34)/b30-18-. The molecule has 1 fully saturated rings. The molecule has 0 unspecified atom stereocenters. The van der Waals surface area contributed by atoms with Gasteiger partial charge in [-0.15, -0.1) is 0 Å². The normalized spacial score (nSPS) is 13.6. The van der Waals surface area contributed by atoms with E-state index < -0.39 is 22.5 Å². The molecule has 13 heteroatoms. The number of halogens is 1. The minimum atomic E-state index is -4.11. The quantitative estimate of drug-likeness (QED) is 0.265. The number of hydrogen-bond acceptors (Lipinski definition) is 8. The van der Waals surface area contributed by atoms with Crippen molar-refractivity contribution in [2.75, 3.05) is 50.9 Å². The molecule has 1 heterocycles. The number of rotatable bonds is 11. The van der Waals surface area contributed by atoms with E-state index in [9.17, 15) is 18.0 Å². The van der Waals surface area contributed by atoms with Crippen molar-refractivity contribution in [2.24, 2.45) is 5.10 Å². The highest BCUT2D eigenvalue weighted by atomic mass is 35.5. The molecule has 1 saturated heterocycles. The average molecular weight is 601 g/mol. The summed E-state index contributed by atoms with van der Waals surface area (Å²) in [6.07, 6.45) is 1.41. The Bertz CT molecular complexity index is 1460. The number of morpholine rings is 1. The molecule has 41 heavy (non-hydrogen) atoms. The van der Waals surface area contributed by atoms with E-state index in [1.54, 1.807) is 29.2 Å². The Hall–Kier alpha value is -4.13. The van der Waals surface area contributed by atoms with E-state index >= 15 is 0 Å². The number of nitrogens with zero attached hydrogens (tertiary/aromatic N) is 3. The van der Waals surface area contributed by atoms with E-state index in [1.165, 1.54) is 61.9 Å². The summed E-state index contributed by atoms with van der Waals surface area (Å²) in [4.78, 5) is 26.7. The van der Waals surface area contributed by atoms with Crippen LogP contribution in [0.4, 0.5) is 5.69 Å². The van der Waals surface area contributed by atoms with Crippen LogP contribution >= 0.6 is 11.6 Å². The maximum absolute atomic E-state index is 13.5. The van der Waals surface area contributed by atoms with Crippen molar-refractivity contribution in [3.8, 4) is 11.5 Å². The van der Waals surface area contributed by atoms with Crippen molar-refractivity contribution >= 4 is 45.3 Å². The lowest BCUT2D eigenvalue weighted by Gasteiger charge is -2.26. The van der Waals surface area contributed by atoms with Gasteiger partial charge in [-0.1, -0.05) is 11.6 Å². The molecule has 0 aliphatic carbocycles. The van der Waals surface area contributed by atoms with Crippen molar-refractivity contribution in [2.45, 2.75) is 4.90 Å². The number of ether oxygens (including phenoxy) is 3. The van der Waals surface area contributed by atoms with Crippen LogP contribution < -0.4 is 19.2 Å². The molecular weight excluding hydrogens is 572 g/mol. The van der Waals surface area contributed by atoms with Gasteiger partial charge in [-0.2, -0.15) is 5.10 Å². The number of carbonyl (C=O) groups excluding carboxylic acids is 2. The largest absolute Gasteiger partial charge is 0.497 e. The molecule has 1 N–H and O–H groups in total. The van der Waals surface area contributed by atoms with Crippen LogP contribution in [0.2, 0.25) is 5.02 Å². The van der Waals surface area contributed by atoms with Crippen molar-refractivity contribution in [1.82, 2.24) is 10.3 Å². The Labute approximate surface area is 243 Å². The number of benzene rings is 3. The highest BCUT2D eigenvalue weighted by Crippen LogP contribution is 2.26. The molecule has 0 saturated carbocycles. The maximum Gasteiger partial charge on any atom is 0.264 e. The number of nitrogens with one attached hydrogen (secondary N) is 1. The lowest BCUT2D eigenvalue weighted by atomic mass is 10.2. The lowest BCUT2D eigenvalue weighted by Crippen LogP contribution is -2.42. The Kier molecular flexibility index (Phi) is 10.2. The summed E-state index contributed by atoms with van der Waals surface area (Å²) >= 11 is 5.98. The fourth-order valence-electron chi connectivity index (χ4n) is 3.84. The van der Waals surface area contributed by atoms with E-state index in [-0.39, 0.29) is 23.1 Å². The van der Waals surface area contributed by atoms with E-state index in [0.717, 1.165) is 4.31 Å². The monoisotopic (exact) mass is 600 g/mol. The second kappa shape index (κ2) is 14.0. The highest BCUT2D eigenvalue weighted by molar-refractivity contribution is 7.92. The van der Waals surface area contributed by atoms with Crippen LogP contribution in [0.15, 0.2) is 82.8 Å². The number of amides is 2. The van der Waals surface area contributed by atoms with Crippen LogP contribution in [0.25, 0.3) is 0 Å². The molecular formula is C28H29ClN4O7S. The fourth-order valence-corrected chi connectivity index (χ4v) is 5.39. The second-order valence-electron chi connectivity index (χ2n) is 8.81. The summed E-state index contributed by atoms with van der Waals surface area (Å²) in [5, 5.41) is 4.37. The molecule has 0 spiro atoms. The van der Waals surface area contributed by atoms with Crippen molar-refractivity contribution in [3.63, 3.8) is 0 Å². The van der Waals surface area contributed by atoms with Gasteiger partial charge in [-0.25, -0.2) is 13.8 Å². The zero-order chi connectivity index (χ0) is 29.2. The first-order chi connectivity index (χ1) is 19.8. The van der Waals surface area contributed by atoms with Gasteiger partial charge in [0, 0.05) is 18.1 Å². The van der Waals surface area contributed by atoms with Gasteiger partial charge in [-0.3, -0.25) is 13.9 Å². The third kappa shape index (κ3) is 8.19. The third-order valence-corrected chi connectivity index (χ3v) is 8.10. The Morgan fingerprint density at radius 2 is 1.63 bits per heavy atom. The molecule has 0 bridgehead atoms. The summed E-state index contributed by atoms with van der Waals surface area (Å²) in [6.45, 7) is 1.54. The lowest BCUT2D eigenvalue weighted by molar-refractivity contribution is -0.137. The summed E-state index contributed by atoms with van der Waals surface area (Å²) in [5.74, 6) is 0.239. The molecule has 216 valence electrons. The van der Waals surface area contributed by atoms with Crippen LogP contribution in [-0.2, 0) is 24.3 Å². The van der Waals surface area contributed by atoms with E-state index in [4.69, 9.17) is 25.8 Å². The van der Waals surface area contributed by atoms with Crippen LogP contribution in [0, 0.1) is 0 Å². The fraction of sp³-hybridized carbons (Fsp3) is 0.250. The van der Waals surface area contributed by atoms with Gasteiger partial charge in [0.25, 0.3) is 21.8 Å². The Morgan fingerprint density at radius 3 is 2.27 bits per heavy atom. The Morgan fingerprint density at radius 1 is 1.00 bits per heavy atom. The molecule has 0 radical (unpaired) electrons. The molecule has 0 aromatic heterocycles.